The summed E-state index contributed by atoms with van der Waals surface area (Å²) in [5.41, 5.74) is 1.70. The van der Waals surface area contributed by atoms with Crippen molar-refractivity contribution in [3.05, 3.63) is 103 Å². The van der Waals surface area contributed by atoms with Gasteiger partial charge in [0.05, 0.1) is 31.2 Å². The molecule has 0 saturated heterocycles. The summed E-state index contributed by atoms with van der Waals surface area (Å²) < 4.78 is 6.00. The molecular formula is C21H15Cl4NO3Si. The lowest BCUT2D eigenvalue weighted by Gasteiger charge is -2.30. The van der Waals surface area contributed by atoms with Gasteiger partial charge >= 0.3 is 5.69 Å². The van der Waals surface area contributed by atoms with Crippen molar-refractivity contribution >= 4 is 70.5 Å². The van der Waals surface area contributed by atoms with Gasteiger partial charge in [0.15, 0.2) is 13.8 Å². The first-order valence-corrected chi connectivity index (χ1v) is 12.5. The van der Waals surface area contributed by atoms with Gasteiger partial charge in [-0.05, 0) is 40.7 Å². The number of benzene rings is 3. The summed E-state index contributed by atoms with van der Waals surface area (Å²) in [5.74, 6) is 0.168. The first kappa shape index (κ1) is 22.7. The fourth-order valence-corrected chi connectivity index (χ4v) is 7.08. The van der Waals surface area contributed by atoms with Crippen molar-refractivity contribution in [2.45, 2.75) is 0 Å². The molecule has 0 aliphatic rings. The quantitative estimate of drug-likeness (QED) is 0.224. The van der Waals surface area contributed by atoms with E-state index in [0.29, 0.717) is 20.1 Å². The molecule has 0 amide bonds. The van der Waals surface area contributed by atoms with Gasteiger partial charge in [-0.1, -0.05) is 76.4 Å². The molecule has 0 spiro atoms. The number of nitro groups is 1. The highest BCUT2D eigenvalue weighted by atomic mass is 35.5. The molecule has 3 aromatic rings. The molecule has 0 atom stereocenters. The second kappa shape index (κ2) is 9.41. The first-order valence-electron chi connectivity index (χ1n) is 8.69. The van der Waals surface area contributed by atoms with Gasteiger partial charge in [0.1, 0.15) is 0 Å². The molecule has 0 aromatic heterocycles. The summed E-state index contributed by atoms with van der Waals surface area (Å²) in [7, 11) is -2.84. The van der Waals surface area contributed by atoms with Gasteiger partial charge in [-0.15, -0.1) is 6.58 Å². The molecule has 0 radical (unpaired) electrons. The lowest BCUT2D eigenvalue weighted by Crippen LogP contribution is -2.61. The molecule has 0 aliphatic heterocycles. The number of nitro benzene ring substituents is 1. The summed E-state index contributed by atoms with van der Waals surface area (Å²) in [6.45, 7) is 4.06. The van der Waals surface area contributed by atoms with E-state index in [4.69, 9.17) is 51.1 Å². The normalized spacial score (nSPS) is 11.2. The van der Waals surface area contributed by atoms with Crippen LogP contribution in [0.4, 0.5) is 5.69 Å². The Hall–Kier alpha value is -2.02. The minimum absolute atomic E-state index is 0.118. The highest BCUT2D eigenvalue weighted by molar-refractivity contribution is 7.06. The lowest BCUT2D eigenvalue weighted by molar-refractivity contribution is -0.385. The predicted molar refractivity (Wildman–Crippen MR) is 127 cm³/mol. The van der Waals surface area contributed by atoms with Crippen LogP contribution in [0.1, 0.15) is 0 Å². The minimum Gasteiger partial charge on any atom is -0.489 e. The molecule has 0 heterocycles. The molecule has 0 N–H and O–H groups in total. The van der Waals surface area contributed by atoms with E-state index < -0.39 is 13.0 Å². The van der Waals surface area contributed by atoms with Crippen LogP contribution in [0.3, 0.4) is 0 Å². The third kappa shape index (κ3) is 4.51. The van der Waals surface area contributed by atoms with Crippen LogP contribution < -0.4 is 15.1 Å². The molecule has 3 aromatic carbocycles. The Bertz CT molecular complexity index is 1070. The first-order chi connectivity index (χ1) is 14.3. The Kier molecular flexibility index (Phi) is 7.11. The molecule has 9 heteroatoms. The smallest absolute Gasteiger partial charge is 0.310 e. The molecule has 30 heavy (non-hydrogen) atoms. The van der Waals surface area contributed by atoms with Gasteiger partial charge in [-0.3, -0.25) is 10.1 Å². The molecule has 154 valence electrons. The van der Waals surface area contributed by atoms with Crippen molar-refractivity contribution in [3.63, 3.8) is 0 Å². The van der Waals surface area contributed by atoms with E-state index in [2.05, 4.69) is 6.58 Å². The Balaban J connectivity index is 2.14. The fourth-order valence-electron chi connectivity index (χ4n) is 3.10. The van der Waals surface area contributed by atoms with Crippen LogP contribution in [-0.4, -0.2) is 19.2 Å². The van der Waals surface area contributed by atoms with E-state index >= 15 is 0 Å². The number of halogens is 4. The van der Waals surface area contributed by atoms with Gasteiger partial charge in [0.25, 0.3) is 0 Å². The van der Waals surface area contributed by atoms with Crippen molar-refractivity contribution in [2.75, 3.05) is 6.23 Å². The van der Waals surface area contributed by atoms with E-state index in [1.807, 2.05) is 17.8 Å². The Morgan fingerprint density at radius 3 is 1.90 bits per heavy atom. The number of rotatable bonds is 7. The molecule has 0 unspecified atom stereocenters. The van der Waals surface area contributed by atoms with Crippen LogP contribution in [0.5, 0.6) is 5.75 Å². The van der Waals surface area contributed by atoms with Gasteiger partial charge in [-0.2, -0.15) is 0 Å². The lowest BCUT2D eigenvalue weighted by atomic mass is 10.3. The predicted octanol–water partition coefficient (Wildman–Crippen LogP) is 6.11. The zero-order valence-electron chi connectivity index (χ0n) is 15.4. The highest BCUT2D eigenvalue weighted by Gasteiger charge is 2.37. The molecule has 4 nitrogen and oxygen atoms in total. The van der Waals surface area contributed by atoms with Crippen molar-refractivity contribution in [3.8, 4) is 5.75 Å². The Labute approximate surface area is 194 Å². The number of hydrogen-bond acceptors (Lipinski definition) is 3. The van der Waals surface area contributed by atoms with Crippen molar-refractivity contribution in [2.24, 2.45) is 0 Å². The van der Waals surface area contributed by atoms with Crippen LogP contribution in [0.25, 0.3) is 0 Å². The van der Waals surface area contributed by atoms with Crippen molar-refractivity contribution < 1.29 is 9.66 Å². The van der Waals surface area contributed by atoms with E-state index in [1.165, 1.54) is 6.07 Å². The van der Waals surface area contributed by atoms with Crippen LogP contribution in [0, 0.1) is 10.1 Å². The van der Waals surface area contributed by atoms with E-state index in [0.717, 1.165) is 10.4 Å². The summed E-state index contributed by atoms with van der Waals surface area (Å²) in [5, 5.41) is 14.7. The molecule has 3 rings (SSSR count). The molecule has 0 aliphatic carbocycles. The number of hydrogen-bond donors (Lipinski definition) is 0. The van der Waals surface area contributed by atoms with Crippen LogP contribution in [-0.2, 0) is 0 Å². The largest absolute Gasteiger partial charge is 0.489 e. The van der Waals surface area contributed by atoms with E-state index in [1.54, 1.807) is 42.5 Å². The van der Waals surface area contributed by atoms with Crippen LogP contribution >= 0.6 is 46.4 Å². The Morgan fingerprint density at radius 1 is 0.900 bits per heavy atom. The number of para-hydroxylation sites is 2. The molecule has 0 saturated carbocycles. The average molecular weight is 499 g/mol. The maximum Gasteiger partial charge on any atom is 0.310 e. The third-order valence-corrected chi connectivity index (χ3v) is 10.2. The summed E-state index contributed by atoms with van der Waals surface area (Å²) in [4.78, 5) is 10.9. The monoisotopic (exact) mass is 497 g/mol. The zero-order chi connectivity index (χ0) is 21.9. The standard InChI is InChI=1S/C21H15Cl4NO3Si/c1-2-30(14-7-9-16(22)18(24)11-14,15-8-10-17(23)19(25)12-15)13-29-21-6-4-3-5-20(21)26(27)28/h2-12H,1,13H2. The maximum atomic E-state index is 11.4. The van der Waals surface area contributed by atoms with E-state index in [-0.39, 0.29) is 17.7 Å². The number of nitrogens with zero attached hydrogens (tertiary/aromatic N) is 1. The van der Waals surface area contributed by atoms with Crippen molar-refractivity contribution in [1.29, 1.82) is 0 Å². The molecule has 0 fully saturated rings. The second-order valence-corrected chi connectivity index (χ2v) is 11.9. The Morgan fingerprint density at radius 2 is 1.43 bits per heavy atom. The summed E-state index contributed by atoms with van der Waals surface area (Å²) >= 11 is 24.8. The van der Waals surface area contributed by atoms with Crippen molar-refractivity contribution in [1.82, 2.24) is 0 Å². The maximum absolute atomic E-state index is 11.4. The zero-order valence-corrected chi connectivity index (χ0v) is 19.5. The van der Waals surface area contributed by atoms with E-state index in [9.17, 15) is 10.1 Å². The minimum atomic E-state index is -2.84. The van der Waals surface area contributed by atoms with Crippen LogP contribution in [0.15, 0.2) is 72.9 Å². The van der Waals surface area contributed by atoms with Crippen LogP contribution in [0.2, 0.25) is 20.1 Å². The summed E-state index contributed by atoms with van der Waals surface area (Å²) in [6, 6.07) is 16.9. The van der Waals surface area contributed by atoms with Gasteiger partial charge in [0.2, 0.25) is 0 Å². The third-order valence-electron chi connectivity index (χ3n) is 4.74. The SMILES string of the molecule is C=C[Si](COc1ccccc1[N+](=O)[O-])(c1ccc(Cl)c(Cl)c1)c1ccc(Cl)c(Cl)c1. The van der Waals surface area contributed by atoms with Gasteiger partial charge < -0.3 is 4.74 Å². The highest BCUT2D eigenvalue weighted by Crippen LogP contribution is 2.28. The second-order valence-electron chi connectivity index (χ2n) is 6.45. The molecular weight excluding hydrogens is 484 g/mol. The topological polar surface area (TPSA) is 52.4 Å². The summed E-state index contributed by atoms with van der Waals surface area (Å²) in [6.07, 6.45) is 0.136. The average Bonchev–Trinajstić information content (AvgIpc) is 2.73. The number of ether oxygens (including phenoxy) is 1. The molecule has 0 bridgehead atoms. The van der Waals surface area contributed by atoms with Gasteiger partial charge in [-0.25, -0.2) is 0 Å². The fraction of sp³-hybridized carbons (Fsp3) is 0.0476. The van der Waals surface area contributed by atoms with Gasteiger partial charge in [0, 0.05) is 6.07 Å².